The summed E-state index contributed by atoms with van der Waals surface area (Å²) in [5.74, 6) is -0.427. The van der Waals surface area contributed by atoms with E-state index in [-0.39, 0.29) is 18.4 Å². The van der Waals surface area contributed by atoms with E-state index in [4.69, 9.17) is 0 Å². The molecule has 0 fully saturated rings. The van der Waals surface area contributed by atoms with Crippen LogP contribution in [-0.2, 0) is 17.8 Å². The van der Waals surface area contributed by atoms with Crippen LogP contribution in [0, 0.1) is 0 Å². The average Bonchev–Trinajstić information content (AvgIpc) is 3.37. The van der Waals surface area contributed by atoms with Crippen LogP contribution >= 0.6 is 11.3 Å². The van der Waals surface area contributed by atoms with Crippen molar-refractivity contribution in [3.8, 4) is 10.6 Å². The molecule has 6 nitrogen and oxygen atoms in total. The lowest BCUT2D eigenvalue weighted by molar-refractivity contribution is -0.128. The van der Waals surface area contributed by atoms with Crippen molar-refractivity contribution >= 4 is 28.8 Å². The maximum atomic E-state index is 13.7. The lowest BCUT2D eigenvalue weighted by Crippen LogP contribution is -2.66. The van der Waals surface area contributed by atoms with E-state index < -0.39 is 11.1 Å². The van der Waals surface area contributed by atoms with Crippen molar-refractivity contribution in [3.63, 3.8) is 0 Å². The van der Waals surface area contributed by atoms with Gasteiger partial charge in [0, 0.05) is 11.2 Å². The summed E-state index contributed by atoms with van der Waals surface area (Å²) < 4.78 is 1.68. The second-order valence-corrected chi connectivity index (χ2v) is 10.1. The molecule has 7 heteroatoms. The van der Waals surface area contributed by atoms with Crippen LogP contribution in [0.5, 0.6) is 0 Å². The van der Waals surface area contributed by atoms with Crippen LogP contribution in [0.3, 0.4) is 0 Å². The molecule has 4 rings (SSSR count). The van der Waals surface area contributed by atoms with Crippen LogP contribution in [0.25, 0.3) is 10.6 Å². The maximum Gasteiger partial charge on any atom is 0.277 e. The van der Waals surface area contributed by atoms with Gasteiger partial charge in [0.15, 0.2) is 0 Å². The molecule has 0 saturated carbocycles. The Morgan fingerprint density at radius 1 is 1.23 bits per heavy atom. The highest BCUT2D eigenvalue weighted by molar-refractivity contribution is 7.13. The Balaban J connectivity index is 1.82. The number of aromatic nitrogens is 2. The van der Waals surface area contributed by atoms with Gasteiger partial charge in [-0.2, -0.15) is 5.10 Å². The second kappa shape index (κ2) is 7.64. The Morgan fingerprint density at radius 2 is 1.94 bits per heavy atom. The fourth-order valence-corrected chi connectivity index (χ4v) is 4.57. The standard InChI is InChI=1S/C24H28N4O2S/c1-6-16-9-11-17(12-10-16)28-21(29)19-14-18(20-8-7-13-31-20)26-27(19)15-24(28,5)22(30)25-23(2,3)4/h7-14H,6,15H2,1-5H3,(H,25,30)/t24-/m1/s1. The van der Waals surface area contributed by atoms with E-state index in [1.807, 2.05) is 75.5 Å². The van der Waals surface area contributed by atoms with Crippen LogP contribution < -0.4 is 10.2 Å². The van der Waals surface area contributed by atoms with Gasteiger partial charge in [-0.3, -0.25) is 19.2 Å². The van der Waals surface area contributed by atoms with Gasteiger partial charge < -0.3 is 5.32 Å². The Bertz CT molecular complexity index is 1110. The fourth-order valence-electron chi connectivity index (χ4n) is 3.89. The van der Waals surface area contributed by atoms with Gasteiger partial charge >= 0.3 is 0 Å². The first-order valence-corrected chi connectivity index (χ1v) is 11.4. The largest absolute Gasteiger partial charge is 0.349 e. The molecule has 31 heavy (non-hydrogen) atoms. The van der Waals surface area contributed by atoms with Crippen LogP contribution in [0.1, 0.15) is 50.7 Å². The number of thiophene rings is 1. The molecule has 0 aliphatic carbocycles. The van der Waals surface area contributed by atoms with E-state index in [1.165, 1.54) is 5.56 Å². The number of carbonyl (C=O) groups excluding carboxylic acids is 2. The minimum Gasteiger partial charge on any atom is -0.349 e. The van der Waals surface area contributed by atoms with Crippen LogP contribution in [0.15, 0.2) is 47.8 Å². The van der Waals surface area contributed by atoms with E-state index in [0.29, 0.717) is 11.4 Å². The number of aryl methyl sites for hydroxylation is 1. The minimum atomic E-state index is -1.12. The van der Waals surface area contributed by atoms with Gasteiger partial charge in [-0.25, -0.2) is 0 Å². The van der Waals surface area contributed by atoms with Gasteiger partial charge in [0.1, 0.15) is 16.9 Å². The van der Waals surface area contributed by atoms with Gasteiger partial charge in [-0.15, -0.1) is 11.3 Å². The molecule has 0 bridgehead atoms. The number of benzene rings is 1. The number of carbonyl (C=O) groups is 2. The zero-order valence-electron chi connectivity index (χ0n) is 18.6. The van der Waals surface area contributed by atoms with E-state index in [0.717, 1.165) is 17.0 Å². The van der Waals surface area contributed by atoms with Crippen molar-refractivity contribution in [1.82, 2.24) is 15.1 Å². The zero-order chi connectivity index (χ0) is 22.4. The summed E-state index contributed by atoms with van der Waals surface area (Å²) in [6.45, 7) is 9.99. The van der Waals surface area contributed by atoms with Gasteiger partial charge in [-0.1, -0.05) is 25.1 Å². The number of hydrogen-bond donors (Lipinski definition) is 1. The van der Waals surface area contributed by atoms with Gasteiger partial charge in [-0.05, 0) is 69.3 Å². The van der Waals surface area contributed by atoms with Gasteiger partial charge in [0.25, 0.3) is 5.91 Å². The van der Waals surface area contributed by atoms with Crippen LogP contribution in [0.2, 0.25) is 0 Å². The second-order valence-electron chi connectivity index (χ2n) is 9.19. The normalized spacial score (nSPS) is 18.7. The summed E-state index contributed by atoms with van der Waals surface area (Å²) in [4.78, 5) is 29.8. The molecule has 0 unspecified atom stereocenters. The third kappa shape index (κ3) is 3.90. The van der Waals surface area contributed by atoms with Gasteiger partial charge in [0.2, 0.25) is 5.91 Å². The minimum absolute atomic E-state index is 0.202. The molecule has 0 spiro atoms. The first kappa shape index (κ1) is 21.3. The third-order valence-corrected chi connectivity index (χ3v) is 6.40. The van der Waals surface area contributed by atoms with Crippen molar-refractivity contribution < 1.29 is 9.59 Å². The summed E-state index contributed by atoms with van der Waals surface area (Å²) in [6, 6.07) is 13.6. The summed E-state index contributed by atoms with van der Waals surface area (Å²) in [7, 11) is 0. The lowest BCUT2D eigenvalue weighted by Gasteiger charge is -2.44. The SMILES string of the molecule is CCc1ccc(N2C(=O)c3cc(-c4cccs4)nn3C[C@]2(C)C(=O)NC(C)(C)C)cc1. The first-order chi connectivity index (χ1) is 14.6. The molecule has 2 aromatic heterocycles. The highest BCUT2D eigenvalue weighted by Crippen LogP contribution is 2.35. The fraction of sp³-hybridized carbons (Fsp3) is 0.375. The summed E-state index contributed by atoms with van der Waals surface area (Å²) in [6.07, 6.45) is 0.910. The van der Waals surface area contributed by atoms with Crippen molar-refractivity contribution in [1.29, 1.82) is 0 Å². The monoisotopic (exact) mass is 436 g/mol. The van der Waals surface area contributed by atoms with Gasteiger partial charge in [0.05, 0.1) is 11.4 Å². The number of anilines is 1. The number of nitrogens with one attached hydrogen (secondary N) is 1. The predicted octanol–water partition coefficient (Wildman–Crippen LogP) is 4.51. The molecule has 1 aliphatic rings. The smallest absolute Gasteiger partial charge is 0.277 e. The molecular formula is C24H28N4O2S. The molecule has 3 aromatic rings. The third-order valence-electron chi connectivity index (χ3n) is 5.51. The van der Waals surface area contributed by atoms with E-state index in [9.17, 15) is 9.59 Å². The highest BCUT2D eigenvalue weighted by Gasteiger charge is 2.49. The molecule has 1 atom stereocenters. The first-order valence-electron chi connectivity index (χ1n) is 10.5. The van der Waals surface area contributed by atoms with E-state index in [1.54, 1.807) is 20.9 Å². The van der Waals surface area contributed by atoms with E-state index >= 15 is 0 Å². The molecule has 2 amide bonds. The van der Waals surface area contributed by atoms with Crippen molar-refractivity contribution in [2.24, 2.45) is 0 Å². The number of amides is 2. The summed E-state index contributed by atoms with van der Waals surface area (Å²) >= 11 is 1.58. The Labute approximate surface area is 186 Å². The van der Waals surface area contributed by atoms with Crippen molar-refractivity contribution in [2.75, 3.05) is 4.90 Å². The Kier molecular flexibility index (Phi) is 5.25. The molecule has 1 N–H and O–H groups in total. The number of hydrogen-bond acceptors (Lipinski definition) is 4. The molecule has 3 heterocycles. The number of nitrogens with zero attached hydrogens (tertiary/aromatic N) is 3. The number of rotatable bonds is 4. The predicted molar refractivity (Wildman–Crippen MR) is 124 cm³/mol. The molecular weight excluding hydrogens is 408 g/mol. The average molecular weight is 437 g/mol. The maximum absolute atomic E-state index is 13.7. The molecule has 162 valence electrons. The van der Waals surface area contributed by atoms with E-state index in [2.05, 4.69) is 17.3 Å². The molecule has 1 aliphatic heterocycles. The number of fused-ring (bicyclic) bond motifs is 1. The lowest BCUT2D eigenvalue weighted by atomic mass is 9.92. The Morgan fingerprint density at radius 3 is 2.52 bits per heavy atom. The summed E-state index contributed by atoms with van der Waals surface area (Å²) in [5.41, 5.74) is 1.58. The summed E-state index contributed by atoms with van der Waals surface area (Å²) in [5, 5.41) is 9.72. The quantitative estimate of drug-likeness (QED) is 0.654. The molecule has 0 radical (unpaired) electrons. The zero-order valence-corrected chi connectivity index (χ0v) is 19.4. The topological polar surface area (TPSA) is 67.2 Å². The molecule has 1 aromatic carbocycles. The van der Waals surface area contributed by atoms with Crippen LogP contribution in [-0.4, -0.2) is 32.7 Å². The molecule has 0 saturated heterocycles. The highest BCUT2D eigenvalue weighted by atomic mass is 32.1. The van der Waals surface area contributed by atoms with Crippen molar-refractivity contribution in [2.45, 2.75) is 58.7 Å². The van der Waals surface area contributed by atoms with Crippen molar-refractivity contribution in [3.05, 3.63) is 59.1 Å². The van der Waals surface area contributed by atoms with Crippen LogP contribution in [0.4, 0.5) is 5.69 Å². The Hall–Kier alpha value is -2.93.